The Morgan fingerprint density at radius 3 is 2.68 bits per heavy atom. The number of pyridine rings is 2. The highest BCUT2D eigenvalue weighted by molar-refractivity contribution is 5.97. The maximum absolute atomic E-state index is 13.1. The lowest BCUT2D eigenvalue weighted by Gasteiger charge is -2.30. The third kappa shape index (κ3) is 2.82. The monoisotopic (exact) mass is 379 g/mol. The third-order valence-corrected chi connectivity index (χ3v) is 5.75. The zero-order valence-electron chi connectivity index (χ0n) is 16.5. The van der Waals surface area contributed by atoms with Crippen molar-refractivity contribution in [3.8, 4) is 0 Å². The van der Waals surface area contributed by atoms with Crippen LogP contribution < -0.4 is 11.0 Å². The zero-order chi connectivity index (χ0) is 20.0. The SMILES string of the molecule is CCn1c(=N)c(C(=O)N2CCC(C)CC2)cc2c(=O)n3cccc(C)c3nc21. The van der Waals surface area contributed by atoms with Gasteiger partial charge in [0, 0.05) is 25.8 Å². The lowest BCUT2D eigenvalue weighted by Crippen LogP contribution is -2.41. The fourth-order valence-corrected chi connectivity index (χ4v) is 3.95. The van der Waals surface area contributed by atoms with Gasteiger partial charge in [0.2, 0.25) is 0 Å². The summed E-state index contributed by atoms with van der Waals surface area (Å²) in [5.41, 5.74) is 2.09. The number of nitrogens with one attached hydrogen (secondary N) is 1. The van der Waals surface area contributed by atoms with Crippen LogP contribution in [0.4, 0.5) is 0 Å². The summed E-state index contributed by atoms with van der Waals surface area (Å²) in [6, 6.07) is 5.28. The predicted octanol–water partition coefficient (Wildman–Crippen LogP) is 2.33. The highest BCUT2D eigenvalue weighted by Crippen LogP contribution is 2.19. The molecule has 7 nitrogen and oxygen atoms in total. The van der Waals surface area contributed by atoms with E-state index in [-0.39, 0.29) is 22.5 Å². The molecule has 7 heteroatoms. The molecule has 3 aromatic heterocycles. The molecule has 0 saturated carbocycles. The van der Waals surface area contributed by atoms with E-state index in [0.29, 0.717) is 42.2 Å². The van der Waals surface area contributed by atoms with Gasteiger partial charge in [-0.15, -0.1) is 0 Å². The normalized spacial score (nSPS) is 15.5. The van der Waals surface area contributed by atoms with Crippen LogP contribution in [0.3, 0.4) is 0 Å². The second-order valence-corrected chi connectivity index (χ2v) is 7.66. The van der Waals surface area contributed by atoms with Gasteiger partial charge in [0.05, 0.1) is 10.9 Å². The van der Waals surface area contributed by atoms with E-state index in [2.05, 4.69) is 11.9 Å². The van der Waals surface area contributed by atoms with Crippen LogP contribution in [-0.4, -0.2) is 37.8 Å². The second-order valence-electron chi connectivity index (χ2n) is 7.66. The summed E-state index contributed by atoms with van der Waals surface area (Å²) in [6.07, 6.45) is 3.62. The number of nitrogens with zero attached hydrogens (tertiary/aromatic N) is 4. The van der Waals surface area contributed by atoms with Crippen molar-refractivity contribution in [1.82, 2.24) is 18.9 Å². The fraction of sp³-hybridized carbons (Fsp3) is 0.429. The maximum Gasteiger partial charge on any atom is 0.267 e. The third-order valence-electron chi connectivity index (χ3n) is 5.75. The molecule has 146 valence electrons. The van der Waals surface area contributed by atoms with Crippen molar-refractivity contribution in [2.45, 2.75) is 40.2 Å². The standard InChI is InChI=1S/C21H25N5O2/c1-4-25-17(22)15(20(27)24-10-7-13(2)8-11-24)12-16-19(25)23-18-14(3)6-5-9-26(18)21(16)28/h5-6,9,12-13,22H,4,7-8,10-11H2,1-3H3. The Morgan fingerprint density at radius 2 is 2.00 bits per heavy atom. The van der Waals surface area contributed by atoms with Crippen LogP contribution in [0.5, 0.6) is 0 Å². The molecule has 1 amide bonds. The number of carbonyl (C=O) groups is 1. The van der Waals surface area contributed by atoms with Crippen molar-refractivity contribution < 1.29 is 4.79 Å². The lowest BCUT2D eigenvalue weighted by atomic mass is 9.98. The number of carbonyl (C=O) groups excluding carboxylic acids is 1. The largest absolute Gasteiger partial charge is 0.339 e. The summed E-state index contributed by atoms with van der Waals surface area (Å²) >= 11 is 0. The smallest absolute Gasteiger partial charge is 0.267 e. The molecule has 28 heavy (non-hydrogen) atoms. The molecule has 0 aromatic carbocycles. The molecule has 0 aliphatic carbocycles. The molecular weight excluding hydrogens is 354 g/mol. The van der Waals surface area contributed by atoms with E-state index in [4.69, 9.17) is 5.41 Å². The molecule has 0 bridgehead atoms. The van der Waals surface area contributed by atoms with E-state index in [1.807, 2.05) is 26.0 Å². The minimum absolute atomic E-state index is 0.114. The second kappa shape index (κ2) is 6.89. The van der Waals surface area contributed by atoms with E-state index in [9.17, 15) is 9.59 Å². The van der Waals surface area contributed by atoms with Gasteiger partial charge in [0.25, 0.3) is 11.5 Å². The molecule has 1 aliphatic rings. The van der Waals surface area contributed by atoms with Gasteiger partial charge in [0.15, 0.2) is 0 Å². The summed E-state index contributed by atoms with van der Waals surface area (Å²) in [6.45, 7) is 7.84. The number of fused-ring (bicyclic) bond motifs is 2. The number of piperidine rings is 1. The quantitative estimate of drug-likeness (QED) is 0.694. The average molecular weight is 379 g/mol. The Balaban J connectivity index is 1.97. The summed E-state index contributed by atoms with van der Waals surface area (Å²) in [5, 5.41) is 8.99. The first-order valence-corrected chi connectivity index (χ1v) is 9.81. The van der Waals surface area contributed by atoms with Crippen molar-refractivity contribution >= 4 is 22.6 Å². The Morgan fingerprint density at radius 1 is 1.29 bits per heavy atom. The Hall–Kier alpha value is -2.96. The highest BCUT2D eigenvalue weighted by Gasteiger charge is 2.24. The van der Waals surface area contributed by atoms with E-state index in [0.717, 1.165) is 18.4 Å². The molecule has 0 radical (unpaired) electrons. The van der Waals surface area contributed by atoms with Gasteiger partial charge < -0.3 is 9.47 Å². The van der Waals surface area contributed by atoms with E-state index in [1.165, 1.54) is 4.40 Å². The van der Waals surface area contributed by atoms with Gasteiger partial charge in [-0.05, 0) is 50.3 Å². The molecular formula is C21H25N5O2. The molecule has 0 spiro atoms. The number of amides is 1. The van der Waals surface area contributed by atoms with E-state index < -0.39 is 0 Å². The van der Waals surface area contributed by atoms with Gasteiger partial charge in [-0.2, -0.15) is 0 Å². The zero-order valence-corrected chi connectivity index (χ0v) is 16.5. The first-order valence-electron chi connectivity index (χ1n) is 9.81. The number of hydrogen-bond acceptors (Lipinski definition) is 4. The molecule has 1 aliphatic heterocycles. The number of hydrogen-bond donors (Lipinski definition) is 1. The van der Waals surface area contributed by atoms with Gasteiger partial charge in [0.1, 0.15) is 16.8 Å². The summed E-state index contributed by atoms with van der Waals surface area (Å²) < 4.78 is 3.17. The molecule has 3 aromatic rings. The van der Waals surface area contributed by atoms with Crippen LogP contribution in [0, 0.1) is 18.3 Å². The van der Waals surface area contributed by atoms with E-state index >= 15 is 0 Å². The first kappa shape index (κ1) is 18.4. The van der Waals surface area contributed by atoms with Gasteiger partial charge in [-0.1, -0.05) is 13.0 Å². The lowest BCUT2D eigenvalue weighted by molar-refractivity contribution is 0.0694. The molecule has 1 fully saturated rings. The minimum Gasteiger partial charge on any atom is -0.339 e. The van der Waals surface area contributed by atoms with Crippen molar-refractivity contribution in [3.05, 3.63) is 51.4 Å². The van der Waals surface area contributed by atoms with Crippen LogP contribution in [0.25, 0.3) is 16.7 Å². The van der Waals surface area contributed by atoms with Crippen LogP contribution in [0.2, 0.25) is 0 Å². The minimum atomic E-state index is -0.216. The molecule has 1 saturated heterocycles. The summed E-state index contributed by atoms with van der Waals surface area (Å²) in [5.74, 6) is 0.440. The van der Waals surface area contributed by atoms with Gasteiger partial charge in [-0.3, -0.25) is 19.4 Å². The van der Waals surface area contributed by atoms with Crippen LogP contribution in [0.15, 0.2) is 29.2 Å². The molecule has 4 rings (SSSR count). The van der Waals surface area contributed by atoms with Crippen LogP contribution in [0.1, 0.15) is 42.6 Å². The highest BCUT2D eigenvalue weighted by atomic mass is 16.2. The molecule has 1 N–H and O–H groups in total. The fourth-order valence-electron chi connectivity index (χ4n) is 3.95. The van der Waals surface area contributed by atoms with E-state index in [1.54, 1.807) is 21.7 Å². The Kier molecular flexibility index (Phi) is 4.53. The molecule has 0 atom stereocenters. The Bertz CT molecular complexity index is 1200. The predicted molar refractivity (Wildman–Crippen MR) is 108 cm³/mol. The topological polar surface area (TPSA) is 83.5 Å². The van der Waals surface area contributed by atoms with Crippen LogP contribution in [-0.2, 0) is 6.54 Å². The van der Waals surface area contributed by atoms with Crippen LogP contribution >= 0.6 is 0 Å². The summed E-state index contributed by atoms with van der Waals surface area (Å²) in [4.78, 5) is 32.7. The number of likely N-dealkylation sites (tertiary alicyclic amines) is 1. The molecule has 0 unspecified atom stereocenters. The Labute approximate surface area is 162 Å². The maximum atomic E-state index is 13.1. The molecule has 4 heterocycles. The van der Waals surface area contributed by atoms with Crippen molar-refractivity contribution in [2.75, 3.05) is 13.1 Å². The van der Waals surface area contributed by atoms with Crippen molar-refractivity contribution in [1.29, 1.82) is 5.41 Å². The average Bonchev–Trinajstić information content (AvgIpc) is 2.69. The van der Waals surface area contributed by atoms with Gasteiger partial charge in [-0.25, -0.2) is 4.98 Å². The first-order chi connectivity index (χ1) is 13.4. The number of aromatic nitrogens is 3. The number of aryl methyl sites for hydroxylation is 2. The number of rotatable bonds is 2. The van der Waals surface area contributed by atoms with Gasteiger partial charge >= 0.3 is 0 Å². The van der Waals surface area contributed by atoms with Crippen molar-refractivity contribution in [3.63, 3.8) is 0 Å². The summed E-state index contributed by atoms with van der Waals surface area (Å²) in [7, 11) is 0. The van der Waals surface area contributed by atoms with Crippen molar-refractivity contribution in [2.24, 2.45) is 5.92 Å².